The minimum Gasteiger partial charge on any atom is -0.378 e. The van der Waals surface area contributed by atoms with E-state index in [1.165, 1.54) is 0 Å². The molecule has 3 aromatic heterocycles. The third-order valence-electron chi connectivity index (χ3n) is 6.03. The number of aryl methyl sites for hydroxylation is 1. The first-order chi connectivity index (χ1) is 16.1. The molecule has 0 N–H and O–H groups in total. The molecule has 2 aliphatic rings. The summed E-state index contributed by atoms with van der Waals surface area (Å²) in [4.78, 5) is 32.1. The number of pyridine rings is 1. The van der Waals surface area contributed by atoms with Crippen LogP contribution in [0, 0.1) is 6.92 Å². The van der Waals surface area contributed by atoms with Gasteiger partial charge in [-0.05, 0) is 19.1 Å². The highest BCUT2D eigenvalue weighted by atomic mass is 16.5. The predicted molar refractivity (Wildman–Crippen MR) is 123 cm³/mol. The van der Waals surface area contributed by atoms with E-state index in [2.05, 4.69) is 19.9 Å². The quantitative estimate of drug-likeness (QED) is 0.592. The van der Waals surface area contributed by atoms with Gasteiger partial charge in [0.2, 0.25) is 11.9 Å². The number of morpholine rings is 1. The molecule has 0 bridgehead atoms. The smallest absolute Gasteiger partial charge is 0.226 e. The molecular formula is C23H27N7O3. The van der Waals surface area contributed by atoms with E-state index < -0.39 is 0 Å². The Hall–Kier alpha value is -3.53. The number of hydrogen-bond donors (Lipinski definition) is 0. The number of anilines is 2. The second-order valence-corrected chi connectivity index (χ2v) is 8.26. The van der Waals surface area contributed by atoms with Gasteiger partial charge in [0.25, 0.3) is 0 Å². The summed E-state index contributed by atoms with van der Waals surface area (Å²) < 4.78 is 11.0. The molecule has 0 radical (unpaired) electrons. The van der Waals surface area contributed by atoms with E-state index in [-0.39, 0.29) is 5.91 Å². The van der Waals surface area contributed by atoms with E-state index in [1.54, 1.807) is 13.1 Å². The van der Waals surface area contributed by atoms with Crippen LogP contribution in [0.15, 0.2) is 35.1 Å². The summed E-state index contributed by atoms with van der Waals surface area (Å²) in [6.45, 7) is 9.27. The Kier molecular flexibility index (Phi) is 5.91. The topological polar surface area (TPSA) is 101 Å². The van der Waals surface area contributed by atoms with Gasteiger partial charge in [0.05, 0.1) is 30.2 Å². The highest BCUT2D eigenvalue weighted by molar-refractivity contribution is 5.78. The lowest BCUT2D eigenvalue weighted by molar-refractivity contribution is -0.129. The van der Waals surface area contributed by atoms with E-state index in [1.807, 2.05) is 36.2 Å². The maximum Gasteiger partial charge on any atom is 0.226 e. The number of carbonyl (C=O) groups excluding carboxylic acids is 1. The Bertz CT molecular complexity index is 1120. The Morgan fingerprint density at radius 3 is 2.39 bits per heavy atom. The molecule has 0 spiro atoms. The fourth-order valence-electron chi connectivity index (χ4n) is 4.14. The Balaban J connectivity index is 1.47. The van der Waals surface area contributed by atoms with E-state index in [4.69, 9.17) is 19.2 Å². The van der Waals surface area contributed by atoms with E-state index in [0.29, 0.717) is 51.1 Å². The maximum atomic E-state index is 11.7. The van der Waals surface area contributed by atoms with Crippen molar-refractivity contribution in [1.29, 1.82) is 0 Å². The van der Waals surface area contributed by atoms with Crippen molar-refractivity contribution >= 4 is 17.7 Å². The summed E-state index contributed by atoms with van der Waals surface area (Å²) in [5.41, 5.74) is 3.18. The van der Waals surface area contributed by atoms with Crippen LogP contribution < -0.4 is 9.80 Å². The number of aromatic nitrogens is 4. The lowest BCUT2D eigenvalue weighted by Gasteiger charge is -2.34. The predicted octanol–water partition coefficient (Wildman–Crippen LogP) is 2.01. The maximum absolute atomic E-state index is 11.7. The van der Waals surface area contributed by atoms with Crippen LogP contribution in [0.1, 0.15) is 12.6 Å². The van der Waals surface area contributed by atoms with Gasteiger partial charge in [-0.2, -0.15) is 0 Å². The monoisotopic (exact) mass is 449 g/mol. The zero-order valence-electron chi connectivity index (χ0n) is 18.9. The lowest BCUT2D eigenvalue weighted by Crippen LogP contribution is -2.48. The van der Waals surface area contributed by atoms with Crippen molar-refractivity contribution in [3.05, 3.63) is 36.3 Å². The Labute approximate surface area is 192 Å². The minimum absolute atomic E-state index is 0.0960. The average molecular weight is 450 g/mol. The molecule has 2 saturated heterocycles. The molecule has 1 amide bonds. The van der Waals surface area contributed by atoms with Crippen LogP contribution in [-0.4, -0.2) is 83.4 Å². The summed E-state index contributed by atoms with van der Waals surface area (Å²) in [6.07, 6.45) is 3.63. The van der Waals surface area contributed by atoms with Crippen LogP contribution in [0.5, 0.6) is 0 Å². The Morgan fingerprint density at radius 1 is 0.970 bits per heavy atom. The van der Waals surface area contributed by atoms with Gasteiger partial charge < -0.3 is 24.0 Å². The number of carbonyl (C=O) groups is 1. The molecular weight excluding hydrogens is 422 g/mol. The highest BCUT2D eigenvalue weighted by Crippen LogP contribution is 2.32. The molecule has 10 heteroatoms. The van der Waals surface area contributed by atoms with Crippen LogP contribution in [0.2, 0.25) is 0 Å². The second-order valence-electron chi connectivity index (χ2n) is 8.26. The summed E-state index contributed by atoms with van der Waals surface area (Å²) in [6, 6.07) is 5.93. The number of nitrogens with zero attached hydrogens (tertiary/aromatic N) is 7. The van der Waals surface area contributed by atoms with Crippen LogP contribution in [0.4, 0.5) is 11.8 Å². The van der Waals surface area contributed by atoms with Gasteiger partial charge in [0.1, 0.15) is 5.82 Å². The molecule has 3 aromatic rings. The van der Waals surface area contributed by atoms with Crippen molar-refractivity contribution in [2.45, 2.75) is 13.8 Å². The van der Waals surface area contributed by atoms with Gasteiger partial charge >= 0.3 is 0 Å². The van der Waals surface area contributed by atoms with Gasteiger partial charge in [0, 0.05) is 70.2 Å². The van der Waals surface area contributed by atoms with Crippen molar-refractivity contribution in [2.24, 2.45) is 0 Å². The summed E-state index contributed by atoms with van der Waals surface area (Å²) >= 11 is 0. The fraction of sp³-hybridized carbons (Fsp3) is 0.435. The number of ether oxygens (including phenoxy) is 1. The standard InChI is InChI=1S/C23H27N7O3/c1-16-13-20(33-27-16)19-15-25-23(30-7-5-28(6-8-30)17(2)31)26-22(19)18-3-4-21(24-14-18)29-9-11-32-12-10-29/h3-4,13-15H,5-12H2,1-2H3. The van der Waals surface area contributed by atoms with Gasteiger partial charge in [0.15, 0.2) is 5.76 Å². The van der Waals surface area contributed by atoms with Gasteiger partial charge in [-0.25, -0.2) is 15.0 Å². The minimum atomic E-state index is 0.0960. The van der Waals surface area contributed by atoms with Gasteiger partial charge in [-0.1, -0.05) is 5.16 Å². The molecule has 0 atom stereocenters. The summed E-state index contributed by atoms with van der Waals surface area (Å²) in [7, 11) is 0. The molecule has 172 valence electrons. The van der Waals surface area contributed by atoms with Crippen LogP contribution in [0.3, 0.4) is 0 Å². The normalized spacial score (nSPS) is 16.8. The first-order valence-corrected chi connectivity index (χ1v) is 11.2. The molecule has 0 aromatic carbocycles. The number of amides is 1. The summed E-state index contributed by atoms with van der Waals surface area (Å²) in [5, 5.41) is 4.03. The van der Waals surface area contributed by atoms with Crippen LogP contribution in [0.25, 0.3) is 22.6 Å². The first-order valence-electron chi connectivity index (χ1n) is 11.2. The van der Waals surface area contributed by atoms with Crippen molar-refractivity contribution < 1.29 is 14.1 Å². The Morgan fingerprint density at radius 2 is 1.76 bits per heavy atom. The van der Waals surface area contributed by atoms with Crippen molar-refractivity contribution in [3.63, 3.8) is 0 Å². The number of rotatable bonds is 4. The van der Waals surface area contributed by atoms with Gasteiger partial charge in [-0.15, -0.1) is 0 Å². The highest BCUT2D eigenvalue weighted by Gasteiger charge is 2.23. The van der Waals surface area contributed by atoms with E-state index >= 15 is 0 Å². The number of piperazine rings is 1. The van der Waals surface area contributed by atoms with Crippen LogP contribution in [-0.2, 0) is 9.53 Å². The van der Waals surface area contributed by atoms with E-state index in [0.717, 1.165) is 41.4 Å². The SMILES string of the molecule is CC(=O)N1CCN(c2ncc(-c3cc(C)no3)c(-c3ccc(N4CCOCC4)nc3)n2)CC1. The summed E-state index contributed by atoms with van der Waals surface area (Å²) in [5.74, 6) is 2.27. The zero-order valence-corrected chi connectivity index (χ0v) is 18.9. The third kappa shape index (κ3) is 4.51. The lowest BCUT2D eigenvalue weighted by atomic mass is 10.1. The zero-order chi connectivity index (χ0) is 22.8. The molecule has 0 unspecified atom stereocenters. The molecule has 2 fully saturated rings. The second kappa shape index (κ2) is 9.14. The molecule has 5 rings (SSSR count). The van der Waals surface area contributed by atoms with Crippen molar-refractivity contribution in [1.82, 2.24) is 25.0 Å². The molecule has 0 aliphatic carbocycles. The molecule has 5 heterocycles. The van der Waals surface area contributed by atoms with Gasteiger partial charge in [-0.3, -0.25) is 4.79 Å². The molecule has 2 aliphatic heterocycles. The van der Waals surface area contributed by atoms with Crippen molar-refractivity contribution in [3.8, 4) is 22.6 Å². The molecule has 0 saturated carbocycles. The third-order valence-corrected chi connectivity index (χ3v) is 6.03. The van der Waals surface area contributed by atoms with E-state index in [9.17, 15) is 4.79 Å². The first kappa shape index (κ1) is 21.3. The average Bonchev–Trinajstić information content (AvgIpc) is 3.30. The largest absolute Gasteiger partial charge is 0.378 e. The van der Waals surface area contributed by atoms with Crippen molar-refractivity contribution in [2.75, 3.05) is 62.3 Å². The molecule has 10 nitrogen and oxygen atoms in total. The fourth-order valence-corrected chi connectivity index (χ4v) is 4.14. The molecule has 33 heavy (non-hydrogen) atoms. The van der Waals surface area contributed by atoms with Crippen LogP contribution >= 0.6 is 0 Å². The number of hydrogen-bond acceptors (Lipinski definition) is 9.